The van der Waals surface area contributed by atoms with Gasteiger partial charge in [-0.15, -0.1) is 0 Å². The van der Waals surface area contributed by atoms with E-state index in [0.717, 1.165) is 32.8 Å². The summed E-state index contributed by atoms with van der Waals surface area (Å²) in [6.07, 6.45) is 1.17. The Bertz CT molecular complexity index is 613. The summed E-state index contributed by atoms with van der Waals surface area (Å²) in [4.78, 5) is 27.1. The van der Waals surface area contributed by atoms with E-state index in [4.69, 9.17) is 16.3 Å². The zero-order valence-electron chi connectivity index (χ0n) is 13.5. The number of nitrogens with one attached hydrogen (secondary N) is 2. The molecule has 0 spiro atoms. The normalized spacial score (nSPS) is 19.5. The number of rotatable bonds is 6. The van der Waals surface area contributed by atoms with Crippen molar-refractivity contribution >= 4 is 29.1 Å². The standard InChI is InChI=1S/C17H22ClN3O3/c18-13-2-1-3-14(12-13)20-16(23)17(4-5-17)15(22)19-6-7-21-8-10-24-11-9-21/h1-3,12H,4-11H2,(H,19,22)(H,20,23). The molecule has 0 atom stereocenters. The molecule has 0 bridgehead atoms. The van der Waals surface area contributed by atoms with Gasteiger partial charge in [0.25, 0.3) is 0 Å². The molecular formula is C17H22ClN3O3. The lowest BCUT2D eigenvalue weighted by Crippen LogP contribution is -2.45. The SMILES string of the molecule is O=C(NCCN1CCOCC1)C1(C(=O)Nc2cccc(Cl)c2)CC1. The molecule has 7 heteroatoms. The summed E-state index contributed by atoms with van der Waals surface area (Å²) >= 11 is 5.92. The molecule has 1 aliphatic heterocycles. The van der Waals surface area contributed by atoms with Gasteiger partial charge in [-0.05, 0) is 31.0 Å². The quantitative estimate of drug-likeness (QED) is 0.762. The lowest BCUT2D eigenvalue weighted by molar-refractivity contribution is -0.134. The van der Waals surface area contributed by atoms with Gasteiger partial charge in [0.1, 0.15) is 5.41 Å². The topological polar surface area (TPSA) is 70.7 Å². The maximum absolute atomic E-state index is 12.5. The van der Waals surface area contributed by atoms with Crippen molar-refractivity contribution < 1.29 is 14.3 Å². The van der Waals surface area contributed by atoms with Crippen LogP contribution in [0.1, 0.15) is 12.8 Å². The lowest BCUT2D eigenvalue weighted by Gasteiger charge is -2.26. The zero-order valence-corrected chi connectivity index (χ0v) is 14.3. The van der Waals surface area contributed by atoms with Crippen molar-refractivity contribution in [1.29, 1.82) is 0 Å². The average molecular weight is 352 g/mol. The van der Waals surface area contributed by atoms with Crippen LogP contribution < -0.4 is 10.6 Å². The van der Waals surface area contributed by atoms with E-state index in [1.54, 1.807) is 24.3 Å². The van der Waals surface area contributed by atoms with Crippen molar-refractivity contribution in [2.75, 3.05) is 44.7 Å². The van der Waals surface area contributed by atoms with Crippen LogP contribution in [0.25, 0.3) is 0 Å². The predicted octanol–water partition coefficient (Wildman–Crippen LogP) is 1.51. The van der Waals surface area contributed by atoms with Crippen molar-refractivity contribution in [2.24, 2.45) is 5.41 Å². The Morgan fingerprint density at radius 3 is 2.62 bits per heavy atom. The fourth-order valence-corrected chi connectivity index (χ4v) is 3.01. The Kier molecular flexibility index (Phi) is 5.38. The van der Waals surface area contributed by atoms with Crippen molar-refractivity contribution in [3.8, 4) is 0 Å². The van der Waals surface area contributed by atoms with Crippen LogP contribution in [-0.2, 0) is 14.3 Å². The van der Waals surface area contributed by atoms with Gasteiger partial charge in [-0.2, -0.15) is 0 Å². The first kappa shape index (κ1) is 17.2. The van der Waals surface area contributed by atoms with Gasteiger partial charge in [0.15, 0.2) is 0 Å². The Morgan fingerprint density at radius 1 is 1.21 bits per heavy atom. The van der Waals surface area contributed by atoms with E-state index in [1.165, 1.54) is 0 Å². The number of morpholine rings is 1. The molecule has 2 aliphatic rings. The maximum atomic E-state index is 12.5. The molecule has 2 fully saturated rings. The van der Waals surface area contributed by atoms with E-state index < -0.39 is 5.41 Å². The molecule has 1 aromatic rings. The second-order valence-electron chi connectivity index (χ2n) is 6.26. The van der Waals surface area contributed by atoms with Gasteiger partial charge in [-0.25, -0.2) is 0 Å². The minimum Gasteiger partial charge on any atom is -0.379 e. The average Bonchev–Trinajstić information content (AvgIpc) is 3.38. The smallest absolute Gasteiger partial charge is 0.240 e. The highest BCUT2D eigenvalue weighted by Crippen LogP contribution is 2.46. The van der Waals surface area contributed by atoms with Crippen LogP contribution in [0, 0.1) is 5.41 Å². The summed E-state index contributed by atoms with van der Waals surface area (Å²) in [7, 11) is 0. The van der Waals surface area contributed by atoms with Gasteiger partial charge in [0.05, 0.1) is 13.2 Å². The minimum atomic E-state index is -0.923. The Labute approximate surface area is 146 Å². The van der Waals surface area contributed by atoms with Gasteiger partial charge in [0, 0.05) is 36.9 Å². The largest absolute Gasteiger partial charge is 0.379 e. The third kappa shape index (κ3) is 4.06. The number of carbonyl (C=O) groups excluding carboxylic acids is 2. The maximum Gasteiger partial charge on any atom is 0.240 e. The summed E-state index contributed by atoms with van der Waals surface area (Å²) in [5.41, 5.74) is -0.312. The fraction of sp³-hybridized carbons (Fsp3) is 0.529. The van der Waals surface area contributed by atoms with Crippen LogP contribution in [-0.4, -0.2) is 56.1 Å². The third-order valence-corrected chi connectivity index (χ3v) is 4.75. The first-order valence-electron chi connectivity index (χ1n) is 8.26. The molecule has 6 nitrogen and oxygen atoms in total. The van der Waals surface area contributed by atoms with Crippen molar-refractivity contribution in [2.45, 2.75) is 12.8 Å². The molecule has 1 saturated heterocycles. The van der Waals surface area contributed by atoms with Crippen LogP contribution in [0.4, 0.5) is 5.69 Å². The molecule has 2 amide bonds. The van der Waals surface area contributed by atoms with Crippen molar-refractivity contribution in [3.63, 3.8) is 0 Å². The van der Waals surface area contributed by atoms with Crippen LogP contribution in [0.5, 0.6) is 0 Å². The second kappa shape index (κ2) is 7.51. The van der Waals surface area contributed by atoms with Crippen LogP contribution in [0.3, 0.4) is 0 Å². The third-order valence-electron chi connectivity index (χ3n) is 4.52. The van der Waals surface area contributed by atoms with Crippen LogP contribution in [0.15, 0.2) is 24.3 Å². The predicted molar refractivity (Wildman–Crippen MR) is 92.0 cm³/mol. The number of halogens is 1. The van der Waals surface area contributed by atoms with Crippen molar-refractivity contribution in [1.82, 2.24) is 10.2 Å². The number of benzene rings is 1. The van der Waals surface area contributed by atoms with E-state index in [9.17, 15) is 9.59 Å². The summed E-state index contributed by atoms with van der Waals surface area (Å²) < 4.78 is 5.30. The Balaban J connectivity index is 1.49. The van der Waals surface area contributed by atoms with Gasteiger partial charge in [0.2, 0.25) is 11.8 Å². The summed E-state index contributed by atoms with van der Waals surface area (Å²) in [5, 5.41) is 6.25. The van der Waals surface area contributed by atoms with E-state index in [2.05, 4.69) is 15.5 Å². The molecule has 0 radical (unpaired) electrons. The molecule has 0 aromatic heterocycles. The monoisotopic (exact) mass is 351 g/mol. The lowest BCUT2D eigenvalue weighted by atomic mass is 10.1. The number of hydrogen-bond donors (Lipinski definition) is 2. The number of ether oxygens (including phenoxy) is 1. The van der Waals surface area contributed by atoms with Gasteiger partial charge < -0.3 is 15.4 Å². The van der Waals surface area contributed by atoms with Crippen molar-refractivity contribution in [3.05, 3.63) is 29.3 Å². The first-order chi connectivity index (χ1) is 11.6. The molecule has 0 unspecified atom stereocenters. The zero-order chi connectivity index (χ0) is 17.0. The number of amides is 2. The number of nitrogens with zero attached hydrogens (tertiary/aromatic N) is 1. The van der Waals surface area contributed by atoms with E-state index in [0.29, 0.717) is 30.1 Å². The Morgan fingerprint density at radius 2 is 1.96 bits per heavy atom. The summed E-state index contributed by atoms with van der Waals surface area (Å²) in [5.74, 6) is -0.441. The highest BCUT2D eigenvalue weighted by molar-refractivity contribution is 6.31. The first-order valence-corrected chi connectivity index (χ1v) is 8.63. The molecular weight excluding hydrogens is 330 g/mol. The molecule has 1 saturated carbocycles. The molecule has 130 valence electrons. The number of hydrogen-bond acceptors (Lipinski definition) is 4. The Hall–Kier alpha value is -1.63. The summed E-state index contributed by atoms with van der Waals surface area (Å²) in [6, 6.07) is 6.93. The van der Waals surface area contributed by atoms with Crippen LogP contribution in [0.2, 0.25) is 5.02 Å². The van der Waals surface area contributed by atoms with Gasteiger partial charge >= 0.3 is 0 Å². The molecule has 24 heavy (non-hydrogen) atoms. The highest BCUT2D eigenvalue weighted by atomic mass is 35.5. The molecule has 1 heterocycles. The van der Waals surface area contributed by atoms with E-state index in [1.807, 2.05) is 0 Å². The molecule has 1 aromatic carbocycles. The molecule has 2 N–H and O–H groups in total. The van der Waals surface area contributed by atoms with Crippen LogP contribution >= 0.6 is 11.6 Å². The fourth-order valence-electron chi connectivity index (χ4n) is 2.82. The minimum absolute atomic E-state index is 0.185. The molecule has 1 aliphatic carbocycles. The molecule has 3 rings (SSSR count). The number of carbonyl (C=O) groups is 2. The van der Waals surface area contributed by atoms with E-state index in [-0.39, 0.29) is 11.8 Å². The number of anilines is 1. The van der Waals surface area contributed by atoms with Gasteiger partial charge in [-0.1, -0.05) is 17.7 Å². The highest BCUT2D eigenvalue weighted by Gasteiger charge is 2.56. The second-order valence-corrected chi connectivity index (χ2v) is 6.69. The van der Waals surface area contributed by atoms with E-state index >= 15 is 0 Å². The van der Waals surface area contributed by atoms with Gasteiger partial charge in [-0.3, -0.25) is 14.5 Å². The summed E-state index contributed by atoms with van der Waals surface area (Å²) in [6.45, 7) is 4.57.